The summed E-state index contributed by atoms with van der Waals surface area (Å²) in [5.74, 6) is 0. The van der Waals surface area contributed by atoms with E-state index < -0.39 is 0 Å². The van der Waals surface area contributed by atoms with Gasteiger partial charge in [-0.15, -0.1) is 0 Å². The molecule has 1 aromatic heterocycles. The molecule has 2 rings (SSSR count). The normalized spacial score (nSPS) is 11.2. The Morgan fingerprint density at radius 2 is 2.18 bits per heavy atom. The molecule has 92 valence electrons. The van der Waals surface area contributed by atoms with Gasteiger partial charge in [-0.05, 0) is 30.7 Å². The molecule has 2 aromatic rings. The van der Waals surface area contributed by atoms with Gasteiger partial charge in [-0.25, -0.2) is 0 Å². The van der Waals surface area contributed by atoms with Crippen LogP contribution in [0.3, 0.4) is 0 Å². The van der Waals surface area contributed by atoms with Crippen molar-refractivity contribution in [2.45, 2.75) is 26.6 Å². The third kappa shape index (κ3) is 2.68. The Labute approximate surface area is 102 Å². The number of nitrogens with zero attached hydrogens (tertiary/aromatic N) is 1. The minimum absolute atomic E-state index is 0.606. The molecule has 0 spiro atoms. The molecule has 3 heteroatoms. The molecule has 1 heterocycles. The van der Waals surface area contributed by atoms with Crippen LogP contribution in [0, 0.1) is 0 Å². The van der Waals surface area contributed by atoms with Crippen LogP contribution >= 0.6 is 0 Å². The highest BCUT2D eigenvalue weighted by Gasteiger charge is 2.04. The molecule has 0 radical (unpaired) electrons. The maximum absolute atomic E-state index is 5.18. The van der Waals surface area contributed by atoms with E-state index in [9.17, 15) is 0 Å². The van der Waals surface area contributed by atoms with Crippen LogP contribution in [-0.2, 0) is 18.0 Å². The van der Waals surface area contributed by atoms with E-state index in [0.717, 1.165) is 13.1 Å². The predicted octanol–water partition coefficient (Wildman–Crippen LogP) is 2.74. The fourth-order valence-corrected chi connectivity index (χ4v) is 2.09. The smallest absolute Gasteiger partial charge is 0.122 e. The van der Waals surface area contributed by atoms with E-state index in [1.165, 1.54) is 22.9 Å². The number of aromatic nitrogens is 1. The van der Waals surface area contributed by atoms with Crippen LogP contribution in [0.15, 0.2) is 30.5 Å². The van der Waals surface area contributed by atoms with Crippen LogP contribution < -0.4 is 5.32 Å². The first-order valence-electron chi connectivity index (χ1n) is 6.13. The summed E-state index contributed by atoms with van der Waals surface area (Å²) < 4.78 is 7.30. The van der Waals surface area contributed by atoms with E-state index in [1.54, 1.807) is 7.11 Å². The van der Waals surface area contributed by atoms with E-state index in [-0.39, 0.29) is 0 Å². The molecule has 0 amide bonds. The van der Waals surface area contributed by atoms with Gasteiger partial charge in [-0.2, -0.15) is 0 Å². The number of hydrogen-bond acceptors (Lipinski definition) is 2. The average molecular weight is 232 g/mol. The van der Waals surface area contributed by atoms with Gasteiger partial charge in [0, 0.05) is 25.2 Å². The Morgan fingerprint density at radius 3 is 2.94 bits per heavy atom. The minimum Gasteiger partial charge on any atom is -0.364 e. The van der Waals surface area contributed by atoms with Gasteiger partial charge >= 0.3 is 0 Å². The van der Waals surface area contributed by atoms with E-state index in [2.05, 4.69) is 47.3 Å². The zero-order valence-corrected chi connectivity index (χ0v) is 10.6. The molecule has 0 fully saturated rings. The second-order valence-electron chi connectivity index (χ2n) is 4.23. The van der Waals surface area contributed by atoms with Crippen molar-refractivity contribution in [3.8, 4) is 0 Å². The molecule has 1 N–H and O–H groups in total. The van der Waals surface area contributed by atoms with Gasteiger partial charge < -0.3 is 14.6 Å². The third-order valence-corrected chi connectivity index (χ3v) is 2.91. The minimum atomic E-state index is 0.606. The van der Waals surface area contributed by atoms with Crippen molar-refractivity contribution in [2.24, 2.45) is 0 Å². The Hall–Kier alpha value is -1.32. The van der Waals surface area contributed by atoms with Gasteiger partial charge in [-0.1, -0.05) is 19.1 Å². The second-order valence-corrected chi connectivity index (χ2v) is 4.23. The fraction of sp³-hybridized carbons (Fsp3) is 0.429. The third-order valence-electron chi connectivity index (χ3n) is 2.91. The standard InChI is InChI=1S/C14H20N2O/c1-3-8-15-10-12-5-4-6-14-13(12)7-9-16(14)11-17-2/h4-7,9,15H,3,8,10-11H2,1-2H3. The number of methoxy groups -OCH3 is 1. The van der Waals surface area contributed by atoms with Gasteiger partial charge in [0.15, 0.2) is 0 Å². The van der Waals surface area contributed by atoms with Gasteiger partial charge in [0.25, 0.3) is 0 Å². The van der Waals surface area contributed by atoms with Crippen LogP contribution in [0.5, 0.6) is 0 Å². The van der Waals surface area contributed by atoms with E-state index in [4.69, 9.17) is 4.74 Å². The summed E-state index contributed by atoms with van der Waals surface area (Å²) in [7, 11) is 1.72. The zero-order chi connectivity index (χ0) is 12.1. The van der Waals surface area contributed by atoms with Crippen LogP contribution in [0.25, 0.3) is 10.9 Å². The molecule has 0 unspecified atom stereocenters. The van der Waals surface area contributed by atoms with Crippen molar-refractivity contribution >= 4 is 10.9 Å². The lowest BCUT2D eigenvalue weighted by Gasteiger charge is -2.07. The number of rotatable bonds is 6. The molecule has 0 bridgehead atoms. The van der Waals surface area contributed by atoms with Gasteiger partial charge in [0.05, 0.1) is 5.52 Å². The molecule has 0 aliphatic carbocycles. The summed E-state index contributed by atoms with van der Waals surface area (Å²) in [6.45, 7) is 4.79. The molecular weight excluding hydrogens is 212 g/mol. The van der Waals surface area contributed by atoms with Crippen molar-refractivity contribution < 1.29 is 4.74 Å². The van der Waals surface area contributed by atoms with E-state index in [1.807, 2.05) is 0 Å². The molecule has 17 heavy (non-hydrogen) atoms. The van der Waals surface area contributed by atoms with E-state index >= 15 is 0 Å². The van der Waals surface area contributed by atoms with Crippen molar-refractivity contribution in [3.05, 3.63) is 36.0 Å². The average Bonchev–Trinajstić information content (AvgIpc) is 2.75. The molecule has 0 saturated heterocycles. The molecule has 3 nitrogen and oxygen atoms in total. The molecule has 0 saturated carbocycles. The van der Waals surface area contributed by atoms with Crippen LogP contribution in [-0.4, -0.2) is 18.2 Å². The lowest BCUT2D eigenvalue weighted by Crippen LogP contribution is -2.13. The topological polar surface area (TPSA) is 26.2 Å². The van der Waals surface area contributed by atoms with Crippen molar-refractivity contribution in [3.63, 3.8) is 0 Å². The summed E-state index contributed by atoms with van der Waals surface area (Å²) in [5.41, 5.74) is 2.59. The monoisotopic (exact) mass is 232 g/mol. The summed E-state index contributed by atoms with van der Waals surface area (Å²) in [5, 5.41) is 4.76. The van der Waals surface area contributed by atoms with E-state index in [0.29, 0.717) is 6.73 Å². The quantitative estimate of drug-likeness (QED) is 0.775. The summed E-state index contributed by atoms with van der Waals surface area (Å²) >= 11 is 0. The summed E-state index contributed by atoms with van der Waals surface area (Å²) in [6, 6.07) is 8.59. The van der Waals surface area contributed by atoms with Crippen molar-refractivity contribution in [2.75, 3.05) is 13.7 Å². The van der Waals surface area contributed by atoms with Gasteiger partial charge in [-0.3, -0.25) is 0 Å². The summed E-state index contributed by atoms with van der Waals surface area (Å²) in [6.07, 6.45) is 3.25. The summed E-state index contributed by atoms with van der Waals surface area (Å²) in [4.78, 5) is 0. The Bertz CT molecular complexity index is 476. The highest BCUT2D eigenvalue weighted by atomic mass is 16.5. The van der Waals surface area contributed by atoms with Crippen LogP contribution in [0.2, 0.25) is 0 Å². The first-order chi connectivity index (χ1) is 8.36. The number of nitrogens with one attached hydrogen (secondary N) is 1. The lowest BCUT2D eigenvalue weighted by atomic mass is 10.1. The highest BCUT2D eigenvalue weighted by molar-refractivity contribution is 5.83. The maximum Gasteiger partial charge on any atom is 0.122 e. The molecule has 1 aromatic carbocycles. The lowest BCUT2D eigenvalue weighted by molar-refractivity contribution is 0.135. The molecule has 0 atom stereocenters. The van der Waals surface area contributed by atoms with Crippen molar-refractivity contribution in [1.82, 2.24) is 9.88 Å². The molecule has 0 aliphatic heterocycles. The van der Waals surface area contributed by atoms with Gasteiger partial charge in [0.1, 0.15) is 6.73 Å². The Kier molecular flexibility index (Phi) is 4.18. The number of ether oxygens (including phenoxy) is 1. The van der Waals surface area contributed by atoms with Crippen molar-refractivity contribution in [1.29, 1.82) is 0 Å². The SMILES string of the molecule is CCCNCc1cccc2c1ccn2COC. The van der Waals surface area contributed by atoms with Gasteiger partial charge in [0.2, 0.25) is 0 Å². The first-order valence-corrected chi connectivity index (χ1v) is 6.13. The Morgan fingerprint density at radius 1 is 1.29 bits per heavy atom. The fourth-order valence-electron chi connectivity index (χ4n) is 2.09. The zero-order valence-electron chi connectivity index (χ0n) is 10.6. The largest absolute Gasteiger partial charge is 0.364 e. The molecular formula is C14H20N2O. The van der Waals surface area contributed by atoms with Crippen LogP contribution in [0.1, 0.15) is 18.9 Å². The highest BCUT2D eigenvalue weighted by Crippen LogP contribution is 2.20. The van der Waals surface area contributed by atoms with Crippen LogP contribution in [0.4, 0.5) is 0 Å². The second kappa shape index (κ2) is 5.84. The predicted molar refractivity (Wildman–Crippen MR) is 70.9 cm³/mol. The number of fused-ring (bicyclic) bond motifs is 1. The molecule has 0 aliphatic rings. The number of benzene rings is 1. The number of hydrogen-bond donors (Lipinski definition) is 1. The maximum atomic E-state index is 5.18. The first kappa shape index (κ1) is 12.1. The Balaban J connectivity index is 2.24.